The molecule has 0 bridgehead atoms. The van der Waals surface area contributed by atoms with Crippen LogP contribution in [-0.4, -0.2) is 47.2 Å². The molecule has 1 aromatic heterocycles. The van der Waals surface area contributed by atoms with E-state index in [0.717, 1.165) is 36.6 Å². The van der Waals surface area contributed by atoms with Crippen LogP contribution in [0.1, 0.15) is 57.2 Å². The van der Waals surface area contributed by atoms with E-state index >= 15 is 0 Å². The van der Waals surface area contributed by atoms with E-state index in [2.05, 4.69) is 26.0 Å². The van der Waals surface area contributed by atoms with Crippen LogP contribution < -0.4 is 20.9 Å². The Kier molecular flexibility index (Phi) is 10.2. The first kappa shape index (κ1) is 29.7. The van der Waals surface area contributed by atoms with Gasteiger partial charge < -0.3 is 18.7 Å². The van der Waals surface area contributed by atoms with Crippen LogP contribution in [0, 0.1) is 6.92 Å². The molecule has 1 aromatic carbocycles. The number of hydrogen-bond acceptors (Lipinski definition) is 9. The number of halogens is 1. The zero-order valence-electron chi connectivity index (χ0n) is 21.8. The minimum Gasteiger partial charge on any atom is -0.461 e. The van der Waals surface area contributed by atoms with E-state index in [1.165, 1.54) is 10.8 Å². The monoisotopic (exact) mass is 629 g/mol. The lowest BCUT2D eigenvalue weighted by Gasteiger charge is -2.27. The third-order valence-electron chi connectivity index (χ3n) is 6.45. The predicted molar refractivity (Wildman–Crippen MR) is 144 cm³/mol. The minimum atomic E-state index is -4.15. The third kappa shape index (κ3) is 8.12. The van der Waals surface area contributed by atoms with Gasteiger partial charge in [-0.05, 0) is 63.3 Å². The zero-order valence-corrected chi connectivity index (χ0v) is 24.3. The van der Waals surface area contributed by atoms with Crippen molar-refractivity contribution in [1.82, 2.24) is 14.6 Å². The summed E-state index contributed by atoms with van der Waals surface area (Å²) < 4.78 is 44.3. The number of carbonyl (C=O) groups is 1. The summed E-state index contributed by atoms with van der Waals surface area (Å²) in [4.78, 5) is 39.0. The molecule has 2 aromatic rings. The topological polar surface area (TPSA) is 147 Å². The molecule has 2 fully saturated rings. The van der Waals surface area contributed by atoms with Gasteiger partial charge in [0.05, 0.1) is 6.61 Å². The number of ether oxygens (including phenoxy) is 3. The molecule has 2 heterocycles. The van der Waals surface area contributed by atoms with Gasteiger partial charge in [-0.25, -0.2) is 9.36 Å². The standard InChI is InChI=1S/C25H33BrN3O9P/c1-3-20(24(31)36-18-7-5-4-6-8-18)28-39(33,38-19-11-9-17(26)10-12-19)35-15-22-34-14-21(37-22)29-13-16(2)23(30)27-25(29)32/h9-13,18,20-22H,3-8,14-15H2,1-2H3,(H,28,33)(H,27,30,32)/t20?,21-,22-,39?/m1/s1. The first-order valence-electron chi connectivity index (χ1n) is 12.9. The zero-order chi connectivity index (χ0) is 28.0. The first-order chi connectivity index (χ1) is 18.7. The van der Waals surface area contributed by atoms with Crippen LogP contribution in [0.25, 0.3) is 0 Å². The lowest BCUT2D eigenvalue weighted by Crippen LogP contribution is -2.39. The maximum Gasteiger partial charge on any atom is 0.459 e. The Balaban J connectivity index is 1.44. The number of benzene rings is 1. The summed E-state index contributed by atoms with van der Waals surface area (Å²) >= 11 is 3.35. The van der Waals surface area contributed by atoms with Gasteiger partial charge in [0.15, 0.2) is 12.5 Å². The van der Waals surface area contributed by atoms with Crippen molar-refractivity contribution in [1.29, 1.82) is 0 Å². The maximum absolute atomic E-state index is 13.9. The average molecular weight is 630 g/mol. The molecule has 4 rings (SSSR count). The Morgan fingerprint density at radius 2 is 1.95 bits per heavy atom. The molecule has 0 amide bonds. The van der Waals surface area contributed by atoms with E-state index < -0.39 is 43.5 Å². The molecule has 1 saturated carbocycles. The van der Waals surface area contributed by atoms with Gasteiger partial charge in [0, 0.05) is 16.2 Å². The average Bonchev–Trinajstić information content (AvgIpc) is 3.39. The van der Waals surface area contributed by atoms with Crippen LogP contribution in [0.3, 0.4) is 0 Å². The second kappa shape index (κ2) is 13.4. The van der Waals surface area contributed by atoms with Gasteiger partial charge in [0.1, 0.15) is 24.5 Å². The van der Waals surface area contributed by atoms with Crippen molar-refractivity contribution in [2.24, 2.45) is 0 Å². The fourth-order valence-corrected chi connectivity index (χ4v) is 6.12. The molecule has 2 unspecified atom stereocenters. The molecule has 1 aliphatic heterocycles. The normalized spacial score (nSPS) is 22.2. The van der Waals surface area contributed by atoms with Crippen molar-refractivity contribution < 1.29 is 32.6 Å². The van der Waals surface area contributed by atoms with Gasteiger partial charge in [0.2, 0.25) is 0 Å². The highest BCUT2D eigenvalue weighted by molar-refractivity contribution is 9.10. The Labute approximate surface area is 234 Å². The number of nitrogens with one attached hydrogen (secondary N) is 2. The third-order valence-corrected chi connectivity index (χ3v) is 8.55. The van der Waals surface area contributed by atoms with Crippen molar-refractivity contribution in [3.8, 4) is 5.75 Å². The Morgan fingerprint density at radius 3 is 2.64 bits per heavy atom. The summed E-state index contributed by atoms with van der Waals surface area (Å²) in [6.07, 6.45) is 4.43. The molecule has 14 heteroatoms. The van der Waals surface area contributed by atoms with Crippen molar-refractivity contribution in [2.75, 3.05) is 13.2 Å². The highest BCUT2D eigenvalue weighted by atomic mass is 79.9. The number of nitrogens with zero attached hydrogens (tertiary/aromatic N) is 1. The van der Waals surface area contributed by atoms with Crippen molar-refractivity contribution >= 4 is 29.6 Å². The first-order valence-corrected chi connectivity index (χ1v) is 15.3. The number of rotatable bonds is 11. The van der Waals surface area contributed by atoms with E-state index in [1.807, 2.05) is 0 Å². The smallest absolute Gasteiger partial charge is 0.459 e. The number of hydrogen-bond donors (Lipinski definition) is 2. The molecule has 1 saturated heterocycles. The molecule has 39 heavy (non-hydrogen) atoms. The van der Waals surface area contributed by atoms with Gasteiger partial charge in [-0.1, -0.05) is 29.3 Å². The van der Waals surface area contributed by atoms with Crippen LogP contribution in [0.2, 0.25) is 0 Å². The Bertz CT molecular complexity index is 1290. The Hall–Kier alpha value is -2.28. The molecule has 2 aliphatic rings. The fraction of sp³-hybridized carbons (Fsp3) is 0.560. The molecule has 0 radical (unpaired) electrons. The van der Waals surface area contributed by atoms with Gasteiger partial charge in [-0.15, -0.1) is 0 Å². The maximum atomic E-state index is 13.9. The van der Waals surface area contributed by atoms with Crippen molar-refractivity contribution in [2.45, 2.75) is 77.0 Å². The summed E-state index contributed by atoms with van der Waals surface area (Å²) in [5.41, 5.74) is -0.797. The second-order valence-corrected chi connectivity index (χ2v) is 12.1. The number of H-pyrrole nitrogens is 1. The molecule has 1 aliphatic carbocycles. The van der Waals surface area contributed by atoms with E-state index in [-0.39, 0.29) is 31.5 Å². The molecule has 4 atom stereocenters. The predicted octanol–water partition coefficient (Wildman–Crippen LogP) is 3.93. The summed E-state index contributed by atoms with van der Waals surface area (Å²) in [6.45, 7) is 3.00. The second-order valence-electron chi connectivity index (χ2n) is 9.46. The van der Waals surface area contributed by atoms with Gasteiger partial charge >= 0.3 is 19.4 Å². The largest absolute Gasteiger partial charge is 0.461 e. The van der Waals surface area contributed by atoms with E-state index in [1.54, 1.807) is 38.1 Å². The highest BCUT2D eigenvalue weighted by Gasteiger charge is 2.37. The number of aryl methyl sites for hydroxylation is 1. The summed E-state index contributed by atoms with van der Waals surface area (Å²) in [6, 6.07) is 5.70. The molecule has 0 spiro atoms. The summed E-state index contributed by atoms with van der Waals surface area (Å²) in [5.74, 6) is -0.264. The van der Waals surface area contributed by atoms with Crippen molar-refractivity contribution in [3.05, 3.63) is 61.3 Å². The quantitative estimate of drug-likeness (QED) is 0.277. The lowest BCUT2D eigenvalue weighted by atomic mass is 9.98. The van der Waals surface area contributed by atoms with E-state index in [4.69, 9.17) is 23.3 Å². The number of aromatic amines is 1. The van der Waals surface area contributed by atoms with E-state index in [0.29, 0.717) is 5.56 Å². The van der Waals surface area contributed by atoms with Crippen LogP contribution in [-0.2, 0) is 28.1 Å². The Morgan fingerprint density at radius 1 is 1.23 bits per heavy atom. The molecule has 214 valence electrons. The van der Waals surface area contributed by atoms with Crippen LogP contribution >= 0.6 is 23.7 Å². The number of carbonyl (C=O) groups excluding carboxylic acids is 1. The number of esters is 1. The molecular formula is C25H33BrN3O9P. The van der Waals surface area contributed by atoms with Crippen LogP contribution in [0.4, 0.5) is 0 Å². The summed E-state index contributed by atoms with van der Waals surface area (Å²) in [5, 5.41) is 2.74. The molecule has 2 N–H and O–H groups in total. The van der Waals surface area contributed by atoms with Gasteiger partial charge in [0.25, 0.3) is 5.56 Å². The van der Waals surface area contributed by atoms with Gasteiger partial charge in [-0.3, -0.25) is 23.7 Å². The van der Waals surface area contributed by atoms with E-state index in [9.17, 15) is 18.9 Å². The number of aromatic nitrogens is 2. The highest BCUT2D eigenvalue weighted by Crippen LogP contribution is 2.46. The fourth-order valence-electron chi connectivity index (χ4n) is 4.29. The molecular weight excluding hydrogens is 597 g/mol. The summed E-state index contributed by atoms with van der Waals surface area (Å²) in [7, 11) is -4.15. The van der Waals surface area contributed by atoms with Crippen molar-refractivity contribution in [3.63, 3.8) is 0 Å². The SMILES string of the molecule is CCC(NP(=O)(OC[C@@H]1OC[C@H](n2cc(C)c(=O)[nH]c2=O)O1)Oc1ccc(Br)cc1)C(=O)OC1CCCCC1. The van der Waals surface area contributed by atoms with Crippen LogP contribution in [0.5, 0.6) is 5.75 Å². The minimum absolute atomic E-state index is 0.00395. The van der Waals surface area contributed by atoms with Gasteiger partial charge in [-0.2, -0.15) is 5.09 Å². The molecule has 12 nitrogen and oxygen atoms in total. The lowest BCUT2D eigenvalue weighted by molar-refractivity contribution is -0.152. The van der Waals surface area contributed by atoms with Crippen LogP contribution in [0.15, 0.2) is 44.5 Å².